The van der Waals surface area contributed by atoms with E-state index in [0.29, 0.717) is 5.82 Å². The number of halogens is 3. The molecule has 0 fully saturated rings. The van der Waals surface area contributed by atoms with Crippen LogP contribution in [0.1, 0.15) is 31.4 Å². The molecule has 2 rings (SSSR count). The third-order valence-electron chi connectivity index (χ3n) is 2.55. The number of aromatic nitrogens is 5. The van der Waals surface area contributed by atoms with Crippen LogP contribution in [0.15, 0.2) is 18.6 Å². The summed E-state index contributed by atoms with van der Waals surface area (Å²) in [6.45, 7) is 4.10. The average molecular weight is 286 g/mol. The Morgan fingerprint density at radius 2 is 2.10 bits per heavy atom. The fourth-order valence-electron chi connectivity index (χ4n) is 1.58. The quantitative estimate of drug-likeness (QED) is 0.933. The molecule has 108 valence electrons. The summed E-state index contributed by atoms with van der Waals surface area (Å²) in [6, 6.07) is 0.978. The molecule has 20 heavy (non-hydrogen) atoms. The van der Waals surface area contributed by atoms with Gasteiger partial charge in [-0.05, 0) is 19.9 Å². The molecule has 0 aliphatic rings. The Morgan fingerprint density at radius 3 is 2.75 bits per heavy atom. The van der Waals surface area contributed by atoms with Gasteiger partial charge in [0.2, 0.25) is 5.95 Å². The van der Waals surface area contributed by atoms with E-state index >= 15 is 0 Å². The lowest BCUT2D eigenvalue weighted by Gasteiger charge is -2.11. The first-order chi connectivity index (χ1) is 9.38. The van der Waals surface area contributed by atoms with Gasteiger partial charge in [0.25, 0.3) is 0 Å². The van der Waals surface area contributed by atoms with Crippen LogP contribution in [0.4, 0.5) is 19.1 Å². The molecule has 0 radical (unpaired) electrons. The molecule has 0 aromatic carbocycles. The first-order valence-electron chi connectivity index (χ1n) is 5.90. The Balaban J connectivity index is 2.09. The van der Waals surface area contributed by atoms with Crippen molar-refractivity contribution in [1.82, 2.24) is 24.7 Å². The molecular weight excluding hydrogens is 273 g/mol. The van der Waals surface area contributed by atoms with Crippen LogP contribution in [0.3, 0.4) is 0 Å². The molecule has 2 aromatic rings. The van der Waals surface area contributed by atoms with E-state index < -0.39 is 11.9 Å². The third kappa shape index (κ3) is 3.22. The van der Waals surface area contributed by atoms with Gasteiger partial charge in [-0.3, -0.25) is 0 Å². The number of nitrogens with one attached hydrogen (secondary N) is 1. The van der Waals surface area contributed by atoms with Crippen molar-refractivity contribution in [3.63, 3.8) is 0 Å². The second-order valence-corrected chi connectivity index (χ2v) is 4.36. The van der Waals surface area contributed by atoms with E-state index in [1.165, 1.54) is 0 Å². The lowest BCUT2D eigenvalue weighted by molar-refractivity contribution is -0.141. The first-order valence-corrected chi connectivity index (χ1v) is 5.90. The van der Waals surface area contributed by atoms with Gasteiger partial charge in [0.05, 0.1) is 6.54 Å². The summed E-state index contributed by atoms with van der Waals surface area (Å²) >= 11 is 0. The van der Waals surface area contributed by atoms with Crippen molar-refractivity contribution >= 4 is 5.95 Å². The van der Waals surface area contributed by atoms with Gasteiger partial charge in [-0.2, -0.15) is 13.2 Å². The molecule has 0 atom stereocenters. The zero-order valence-electron chi connectivity index (χ0n) is 10.9. The van der Waals surface area contributed by atoms with E-state index in [2.05, 4.69) is 25.5 Å². The minimum Gasteiger partial charge on any atom is -0.347 e. The van der Waals surface area contributed by atoms with Crippen molar-refractivity contribution in [3.05, 3.63) is 30.1 Å². The van der Waals surface area contributed by atoms with Crippen LogP contribution in [0.5, 0.6) is 0 Å². The van der Waals surface area contributed by atoms with Crippen molar-refractivity contribution in [2.75, 3.05) is 5.32 Å². The summed E-state index contributed by atoms with van der Waals surface area (Å²) < 4.78 is 39.3. The van der Waals surface area contributed by atoms with Crippen LogP contribution in [0.25, 0.3) is 0 Å². The van der Waals surface area contributed by atoms with E-state index in [1.807, 2.05) is 13.8 Å². The maximum Gasteiger partial charge on any atom is 0.433 e. The van der Waals surface area contributed by atoms with E-state index in [-0.39, 0.29) is 18.5 Å². The molecule has 0 bridgehead atoms. The molecule has 9 heteroatoms. The lowest BCUT2D eigenvalue weighted by Crippen LogP contribution is -2.14. The zero-order chi connectivity index (χ0) is 14.8. The Bertz CT molecular complexity index is 578. The van der Waals surface area contributed by atoms with Crippen molar-refractivity contribution < 1.29 is 13.2 Å². The Labute approximate surface area is 113 Å². The SMILES string of the molecule is CC(C)n1cnnc1CNc1nccc(C(F)(F)F)n1. The molecule has 2 aromatic heterocycles. The maximum absolute atomic E-state index is 12.5. The summed E-state index contributed by atoms with van der Waals surface area (Å²) in [5, 5.41) is 10.4. The van der Waals surface area contributed by atoms with Crippen molar-refractivity contribution in [3.8, 4) is 0 Å². The number of rotatable bonds is 4. The zero-order valence-corrected chi connectivity index (χ0v) is 10.9. The Hall–Kier alpha value is -2.19. The molecule has 0 saturated carbocycles. The molecular formula is C11H13F3N6. The minimum atomic E-state index is -4.49. The fourth-order valence-corrected chi connectivity index (χ4v) is 1.58. The molecule has 0 saturated heterocycles. The number of alkyl halides is 3. The van der Waals surface area contributed by atoms with Crippen LogP contribution in [-0.4, -0.2) is 24.7 Å². The molecule has 0 aliphatic carbocycles. The third-order valence-corrected chi connectivity index (χ3v) is 2.55. The van der Waals surface area contributed by atoms with Crippen molar-refractivity contribution in [2.45, 2.75) is 32.6 Å². The molecule has 0 spiro atoms. The maximum atomic E-state index is 12.5. The Kier molecular flexibility index (Phi) is 3.86. The van der Waals surface area contributed by atoms with Crippen molar-refractivity contribution in [2.24, 2.45) is 0 Å². The van der Waals surface area contributed by atoms with Crippen LogP contribution in [0.2, 0.25) is 0 Å². The van der Waals surface area contributed by atoms with Gasteiger partial charge in [-0.15, -0.1) is 10.2 Å². The fraction of sp³-hybridized carbons (Fsp3) is 0.455. The summed E-state index contributed by atoms with van der Waals surface area (Å²) in [4.78, 5) is 7.16. The minimum absolute atomic E-state index is 0.0990. The van der Waals surface area contributed by atoms with Gasteiger partial charge in [0.1, 0.15) is 12.0 Å². The molecule has 0 amide bonds. The smallest absolute Gasteiger partial charge is 0.347 e. The highest BCUT2D eigenvalue weighted by Crippen LogP contribution is 2.27. The largest absolute Gasteiger partial charge is 0.433 e. The van der Waals surface area contributed by atoms with Crippen LogP contribution in [0, 0.1) is 0 Å². The van der Waals surface area contributed by atoms with Crippen LogP contribution < -0.4 is 5.32 Å². The van der Waals surface area contributed by atoms with E-state index in [4.69, 9.17) is 0 Å². The lowest BCUT2D eigenvalue weighted by atomic mass is 10.4. The van der Waals surface area contributed by atoms with E-state index in [9.17, 15) is 13.2 Å². The number of nitrogens with zero attached hydrogens (tertiary/aromatic N) is 5. The second-order valence-electron chi connectivity index (χ2n) is 4.36. The highest BCUT2D eigenvalue weighted by atomic mass is 19.4. The summed E-state index contributed by atoms with van der Waals surface area (Å²) in [5.74, 6) is 0.499. The highest BCUT2D eigenvalue weighted by Gasteiger charge is 2.32. The van der Waals surface area contributed by atoms with Crippen molar-refractivity contribution in [1.29, 1.82) is 0 Å². The van der Waals surface area contributed by atoms with Crippen LogP contribution in [-0.2, 0) is 12.7 Å². The summed E-state index contributed by atoms with van der Waals surface area (Å²) in [6.07, 6.45) is -1.86. The van der Waals surface area contributed by atoms with E-state index in [1.54, 1.807) is 10.9 Å². The highest BCUT2D eigenvalue weighted by molar-refractivity contribution is 5.26. The molecule has 6 nitrogen and oxygen atoms in total. The normalized spacial score (nSPS) is 11.9. The predicted molar refractivity (Wildman–Crippen MR) is 64.8 cm³/mol. The number of hydrogen-bond donors (Lipinski definition) is 1. The van der Waals surface area contributed by atoms with Gasteiger partial charge in [0.15, 0.2) is 5.82 Å². The monoisotopic (exact) mass is 286 g/mol. The van der Waals surface area contributed by atoms with Crippen LogP contribution >= 0.6 is 0 Å². The first kappa shape index (κ1) is 14.2. The van der Waals surface area contributed by atoms with Gasteiger partial charge < -0.3 is 9.88 Å². The van der Waals surface area contributed by atoms with E-state index in [0.717, 1.165) is 12.3 Å². The molecule has 1 N–H and O–H groups in total. The topological polar surface area (TPSA) is 68.5 Å². The summed E-state index contributed by atoms with van der Waals surface area (Å²) in [7, 11) is 0. The van der Waals surface area contributed by atoms with Gasteiger partial charge in [-0.25, -0.2) is 9.97 Å². The Morgan fingerprint density at radius 1 is 1.35 bits per heavy atom. The number of hydrogen-bond acceptors (Lipinski definition) is 5. The average Bonchev–Trinajstić information content (AvgIpc) is 2.84. The molecule has 0 unspecified atom stereocenters. The summed E-state index contributed by atoms with van der Waals surface area (Å²) in [5.41, 5.74) is -0.986. The predicted octanol–water partition coefficient (Wildman–Crippen LogP) is 2.28. The van der Waals surface area contributed by atoms with Gasteiger partial charge in [0, 0.05) is 12.2 Å². The standard InChI is InChI=1S/C11H13F3N6/c1-7(2)20-6-17-19-9(20)5-16-10-15-4-3-8(18-10)11(12,13)14/h3-4,6-7H,5H2,1-2H3,(H,15,16,18). The van der Waals surface area contributed by atoms with Gasteiger partial charge in [-0.1, -0.05) is 0 Å². The van der Waals surface area contributed by atoms with Gasteiger partial charge >= 0.3 is 6.18 Å². The molecule has 2 heterocycles. The second kappa shape index (κ2) is 5.43. The number of anilines is 1. The molecule has 0 aliphatic heterocycles.